The number of hydrogen-bond donors (Lipinski definition) is 3. The molecule has 98 valence electrons. The summed E-state index contributed by atoms with van der Waals surface area (Å²) in [6.45, 7) is 5.21. The van der Waals surface area contributed by atoms with E-state index in [0.717, 1.165) is 13.0 Å². The Bertz CT molecular complexity index is 288. The third kappa shape index (κ3) is 3.59. The second kappa shape index (κ2) is 6.44. The molecule has 1 aliphatic heterocycles. The molecule has 0 aliphatic carbocycles. The zero-order valence-corrected chi connectivity index (χ0v) is 10.3. The number of carbonyl (C=O) groups excluding carboxylic acids is 1. The SMILES string of the molecule is CCC(C(=O)NC(C)C1CCOC1)C(N)=NO. The predicted molar refractivity (Wildman–Crippen MR) is 63.7 cm³/mol. The molecule has 0 aromatic heterocycles. The van der Waals surface area contributed by atoms with Crippen LogP contribution in [0.2, 0.25) is 0 Å². The zero-order valence-electron chi connectivity index (χ0n) is 10.3. The van der Waals surface area contributed by atoms with Gasteiger partial charge in [-0.2, -0.15) is 0 Å². The third-order valence-corrected chi connectivity index (χ3v) is 3.24. The van der Waals surface area contributed by atoms with Crippen molar-refractivity contribution < 1.29 is 14.7 Å². The Morgan fingerprint density at radius 3 is 2.88 bits per heavy atom. The van der Waals surface area contributed by atoms with E-state index in [-0.39, 0.29) is 17.8 Å². The van der Waals surface area contributed by atoms with E-state index in [1.165, 1.54) is 0 Å². The van der Waals surface area contributed by atoms with Gasteiger partial charge in [0.25, 0.3) is 0 Å². The van der Waals surface area contributed by atoms with Crippen molar-refractivity contribution in [2.24, 2.45) is 22.7 Å². The smallest absolute Gasteiger partial charge is 0.231 e. The van der Waals surface area contributed by atoms with Crippen LogP contribution >= 0.6 is 0 Å². The summed E-state index contributed by atoms with van der Waals surface area (Å²) in [5.41, 5.74) is 5.47. The molecule has 0 saturated carbocycles. The van der Waals surface area contributed by atoms with Crippen LogP contribution in [0, 0.1) is 11.8 Å². The summed E-state index contributed by atoms with van der Waals surface area (Å²) in [5.74, 6) is -0.449. The van der Waals surface area contributed by atoms with Gasteiger partial charge in [-0.3, -0.25) is 4.79 Å². The van der Waals surface area contributed by atoms with Crippen LogP contribution < -0.4 is 11.1 Å². The van der Waals surface area contributed by atoms with Crippen LogP contribution in [-0.2, 0) is 9.53 Å². The Morgan fingerprint density at radius 1 is 1.71 bits per heavy atom. The third-order valence-electron chi connectivity index (χ3n) is 3.24. The van der Waals surface area contributed by atoms with Gasteiger partial charge in [-0.1, -0.05) is 12.1 Å². The average molecular weight is 243 g/mol. The maximum atomic E-state index is 11.9. The van der Waals surface area contributed by atoms with Gasteiger partial charge in [0.2, 0.25) is 5.91 Å². The van der Waals surface area contributed by atoms with Crippen molar-refractivity contribution >= 4 is 11.7 Å². The molecule has 0 spiro atoms. The Balaban J connectivity index is 2.51. The van der Waals surface area contributed by atoms with E-state index in [2.05, 4.69) is 10.5 Å². The van der Waals surface area contributed by atoms with Crippen molar-refractivity contribution in [3.8, 4) is 0 Å². The van der Waals surface area contributed by atoms with Crippen molar-refractivity contribution in [2.45, 2.75) is 32.7 Å². The van der Waals surface area contributed by atoms with Crippen LogP contribution in [-0.4, -0.2) is 36.2 Å². The summed E-state index contributed by atoms with van der Waals surface area (Å²) in [4.78, 5) is 11.9. The maximum absolute atomic E-state index is 11.9. The lowest BCUT2D eigenvalue weighted by atomic mass is 9.98. The first-order chi connectivity index (χ1) is 8.10. The molecule has 6 nitrogen and oxygen atoms in total. The monoisotopic (exact) mass is 243 g/mol. The highest BCUT2D eigenvalue weighted by atomic mass is 16.5. The van der Waals surface area contributed by atoms with Gasteiger partial charge in [0.15, 0.2) is 5.84 Å². The molecule has 3 atom stereocenters. The van der Waals surface area contributed by atoms with Gasteiger partial charge in [-0.15, -0.1) is 0 Å². The summed E-state index contributed by atoms with van der Waals surface area (Å²) in [6.07, 6.45) is 1.47. The van der Waals surface area contributed by atoms with Gasteiger partial charge in [0.05, 0.1) is 12.5 Å². The Kier molecular flexibility index (Phi) is 5.21. The maximum Gasteiger partial charge on any atom is 0.231 e. The number of rotatable bonds is 5. The number of carbonyl (C=O) groups is 1. The molecule has 1 aliphatic rings. The number of ether oxygens (including phenoxy) is 1. The minimum Gasteiger partial charge on any atom is -0.409 e. The minimum absolute atomic E-state index is 0.0418. The quantitative estimate of drug-likeness (QED) is 0.280. The molecule has 6 heteroatoms. The number of oxime groups is 1. The fraction of sp³-hybridized carbons (Fsp3) is 0.818. The summed E-state index contributed by atoms with van der Waals surface area (Å²) in [5, 5.41) is 14.4. The van der Waals surface area contributed by atoms with E-state index in [1.54, 1.807) is 0 Å². The first-order valence-electron chi connectivity index (χ1n) is 5.95. The fourth-order valence-corrected chi connectivity index (χ4v) is 1.99. The van der Waals surface area contributed by atoms with Gasteiger partial charge in [-0.25, -0.2) is 0 Å². The van der Waals surface area contributed by atoms with E-state index in [0.29, 0.717) is 18.9 Å². The van der Waals surface area contributed by atoms with Crippen molar-refractivity contribution in [2.75, 3.05) is 13.2 Å². The highest BCUT2D eigenvalue weighted by molar-refractivity contribution is 6.02. The van der Waals surface area contributed by atoms with Crippen molar-refractivity contribution in [3.05, 3.63) is 0 Å². The lowest BCUT2D eigenvalue weighted by Crippen LogP contribution is -2.45. The molecule has 0 bridgehead atoms. The first kappa shape index (κ1) is 13.8. The highest BCUT2D eigenvalue weighted by Crippen LogP contribution is 2.17. The molecule has 17 heavy (non-hydrogen) atoms. The standard InChI is InChI=1S/C11H21N3O3/c1-3-9(10(12)14-16)11(15)13-7(2)8-4-5-17-6-8/h7-9,16H,3-6H2,1-2H3,(H2,12,14)(H,13,15). The lowest BCUT2D eigenvalue weighted by molar-refractivity contribution is -0.124. The summed E-state index contributed by atoms with van der Waals surface area (Å²) in [6, 6.07) is 0.0468. The second-order valence-electron chi connectivity index (χ2n) is 4.41. The van der Waals surface area contributed by atoms with Crippen LogP contribution in [0.5, 0.6) is 0 Å². The van der Waals surface area contributed by atoms with E-state index < -0.39 is 5.92 Å². The summed E-state index contributed by atoms with van der Waals surface area (Å²) < 4.78 is 5.28. The Labute approximate surface area is 101 Å². The molecule has 4 N–H and O–H groups in total. The number of amides is 1. The number of nitrogens with one attached hydrogen (secondary N) is 1. The van der Waals surface area contributed by atoms with E-state index in [4.69, 9.17) is 15.7 Å². The molecule has 1 fully saturated rings. The molecule has 0 aromatic rings. The van der Waals surface area contributed by atoms with Crippen LogP contribution in [0.25, 0.3) is 0 Å². The average Bonchev–Trinajstić information content (AvgIpc) is 2.83. The molecule has 1 amide bonds. The lowest BCUT2D eigenvalue weighted by Gasteiger charge is -2.22. The Morgan fingerprint density at radius 2 is 2.41 bits per heavy atom. The molecule has 0 aromatic carbocycles. The predicted octanol–water partition coefficient (Wildman–Crippen LogP) is 0.300. The summed E-state index contributed by atoms with van der Waals surface area (Å²) in [7, 11) is 0. The number of nitrogens with two attached hydrogens (primary N) is 1. The van der Waals surface area contributed by atoms with Gasteiger partial charge in [0.1, 0.15) is 0 Å². The largest absolute Gasteiger partial charge is 0.409 e. The number of amidine groups is 1. The van der Waals surface area contributed by atoms with E-state index in [9.17, 15) is 4.79 Å². The van der Waals surface area contributed by atoms with Gasteiger partial charge < -0.3 is 21.0 Å². The molecular formula is C11H21N3O3. The molecule has 3 unspecified atom stereocenters. The fourth-order valence-electron chi connectivity index (χ4n) is 1.99. The van der Waals surface area contributed by atoms with Gasteiger partial charge in [-0.05, 0) is 19.8 Å². The van der Waals surface area contributed by atoms with Crippen molar-refractivity contribution in [1.82, 2.24) is 5.32 Å². The molecule has 1 rings (SSSR count). The number of nitrogens with zero attached hydrogens (tertiary/aromatic N) is 1. The molecular weight excluding hydrogens is 222 g/mol. The van der Waals surface area contributed by atoms with Gasteiger partial charge in [0, 0.05) is 18.6 Å². The topological polar surface area (TPSA) is 96.9 Å². The molecule has 1 heterocycles. The minimum atomic E-state index is -0.565. The molecule has 0 radical (unpaired) electrons. The second-order valence-corrected chi connectivity index (χ2v) is 4.41. The number of hydrogen-bond acceptors (Lipinski definition) is 4. The normalized spacial score (nSPS) is 24.4. The zero-order chi connectivity index (χ0) is 12.8. The van der Waals surface area contributed by atoms with Crippen LogP contribution in [0.15, 0.2) is 5.16 Å². The van der Waals surface area contributed by atoms with Crippen LogP contribution in [0.3, 0.4) is 0 Å². The first-order valence-corrected chi connectivity index (χ1v) is 5.95. The van der Waals surface area contributed by atoms with Crippen LogP contribution in [0.4, 0.5) is 0 Å². The van der Waals surface area contributed by atoms with E-state index >= 15 is 0 Å². The van der Waals surface area contributed by atoms with Crippen molar-refractivity contribution in [3.63, 3.8) is 0 Å². The van der Waals surface area contributed by atoms with Crippen LogP contribution in [0.1, 0.15) is 26.7 Å². The van der Waals surface area contributed by atoms with Crippen molar-refractivity contribution in [1.29, 1.82) is 0 Å². The highest BCUT2D eigenvalue weighted by Gasteiger charge is 2.27. The molecule has 1 saturated heterocycles. The van der Waals surface area contributed by atoms with Gasteiger partial charge >= 0.3 is 0 Å². The Hall–Kier alpha value is -1.30. The van der Waals surface area contributed by atoms with E-state index in [1.807, 2.05) is 13.8 Å². The summed E-state index contributed by atoms with van der Waals surface area (Å²) >= 11 is 0.